The fourth-order valence-corrected chi connectivity index (χ4v) is 2.63. The molecule has 2 heterocycles. The highest BCUT2D eigenvalue weighted by Gasteiger charge is 2.09. The molecule has 3 aromatic rings. The van der Waals surface area contributed by atoms with Crippen LogP contribution in [0, 0.1) is 19.7 Å². The molecule has 3 rings (SSSR count). The van der Waals surface area contributed by atoms with Gasteiger partial charge in [-0.1, -0.05) is 0 Å². The number of benzene rings is 1. The predicted octanol–water partition coefficient (Wildman–Crippen LogP) is 4.11. The molecule has 0 unspecified atom stereocenters. The molecule has 18 heavy (non-hydrogen) atoms. The second-order valence-electron chi connectivity index (χ2n) is 4.36. The Morgan fingerprint density at radius 1 is 1.11 bits per heavy atom. The molecular formula is C14H11FN2S. The third-order valence-electron chi connectivity index (χ3n) is 3.00. The van der Waals surface area contributed by atoms with Crippen molar-refractivity contribution in [2.24, 2.45) is 0 Å². The Balaban J connectivity index is 2.34. The van der Waals surface area contributed by atoms with Crippen molar-refractivity contribution >= 4 is 22.4 Å². The number of rotatable bonds is 1. The molecule has 0 spiro atoms. The largest absolute Gasteiger partial charge is 0.247 e. The van der Waals surface area contributed by atoms with Crippen LogP contribution in [0.5, 0.6) is 0 Å². The molecule has 4 heteroatoms. The van der Waals surface area contributed by atoms with Gasteiger partial charge in [0.2, 0.25) is 0 Å². The first-order valence-electron chi connectivity index (χ1n) is 5.62. The molecule has 0 radical (unpaired) electrons. The fourth-order valence-electron chi connectivity index (χ4n) is 2.10. The van der Waals surface area contributed by atoms with Gasteiger partial charge in [0.05, 0.1) is 17.4 Å². The number of hydrogen-bond acceptors (Lipinski definition) is 3. The lowest BCUT2D eigenvalue weighted by Crippen LogP contribution is -1.92. The summed E-state index contributed by atoms with van der Waals surface area (Å²) < 4.78 is 17.5. The Hall–Kier alpha value is -1.81. The number of fused-ring (bicyclic) bond motifs is 1. The van der Waals surface area contributed by atoms with Crippen molar-refractivity contribution in [2.75, 3.05) is 0 Å². The molecule has 2 aromatic heterocycles. The van der Waals surface area contributed by atoms with Gasteiger partial charge in [-0.15, -0.1) is 0 Å². The van der Waals surface area contributed by atoms with Crippen LogP contribution in [0.4, 0.5) is 4.39 Å². The maximum Gasteiger partial charge on any atom is 0.124 e. The van der Waals surface area contributed by atoms with E-state index in [1.165, 1.54) is 17.6 Å². The number of hydrogen-bond donors (Lipinski definition) is 0. The molecule has 0 saturated carbocycles. The van der Waals surface area contributed by atoms with E-state index in [1.54, 1.807) is 12.3 Å². The van der Waals surface area contributed by atoms with Gasteiger partial charge in [-0.05, 0) is 54.7 Å². The Morgan fingerprint density at radius 2 is 1.94 bits per heavy atom. The summed E-state index contributed by atoms with van der Waals surface area (Å²) >= 11 is 1.40. The van der Waals surface area contributed by atoms with E-state index in [0.717, 1.165) is 33.3 Å². The maximum absolute atomic E-state index is 13.4. The van der Waals surface area contributed by atoms with Crippen LogP contribution in [0.25, 0.3) is 22.2 Å². The SMILES string of the molecule is Cc1cc(-c2cnsc2)nc2c(C)cc(F)cc12. The van der Waals surface area contributed by atoms with Gasteiger partial charge in [-0.3, -0.25) is 0 Å². The lowest BCUT2D eigenvalue weighted by Gasteiger charge is -2.07. The molecule has 0 amide bonds. The normalized spacial score (nSPS) is 11.1. The van der Waals surface area contributed by atoms with Crippen molar-refractivity contribution in [3.63, 3.8) is 0 Å². The van der Waals surface area contributed by atoms with E-state index in [-0.39, 0.29) is 5.82 Å². The fraction of sp³-hybridized carbons (Fsp3) is 0.143. The number of nitrogens with zero attached hydrogens (tertiary/aromatic N) is 2. The van der Waals surface area contributed by atoms with E-state index in [0.29, 0.717) is 0 Å². The van der Waals surface area contributed by atoms with E-state index in [1.807, 2.05) is 25.3 Å². The lowest BCUT2D eigenvalue weighted by molar-refractivity contribution is 0.628. The molecule has 0 aliphatic rings. The minimum absolute atomic E-state index is 0.213. The lowest BCUT2D eigenvalue weighted by atomic mass is 10.0. The Kier molecular flexibility index (Phi) is 2.59. The minimum atomic E-state index is -0.213. The van der Waals surface area contributed by atoms with Gasteiger partial charge in [0.15, 0.2) is 0 Å². The molecule has 0 bridgehead atoms. The first-order chi connectivity index (χ1) is 8.65. The molecule has 0 aliphatic carbocycles. The zero-order valence-electron chi connectivity index (χ0n) is 10.1. The summed E-state index contributed by atoms with van der Waals surface area (Å²) in [6.45, 7) is 3.86. The molecule has 0 fully saturated rings. The van der Waals surface area contributed by atoms with E-state index < -0.39 is 0 Å². The van der Waals surface area contributed by atoms with Crippen molar-refractivity contribution in [1.82, 2.24) is 9.36 Å². The van der Waals surface area contributed by atoms with Crippen LogP contribution in [0.3, 0.4) is 0 Å². The third-order valence-corrected chi connectivity index (χ3v) is 3.59. The Morgan fingerprint density at radius 3 is 2.67 bits per heavy atom. The molecule has 1 aromatic carbocycles. The van der Waals surface area contributed by atoms with Gasteiger partial charge in [-0.25, -0.2) is 13.7 Å². The summed E-state index contributed by atoms with van der Waals surface area (Å²) in [5, 5.41) is 2.84. The quantitative estimate of drug-likeness (QED) is 0.656. The average Bonchev–Trinajstić information content (AvgIpc) is 2.83. The summed E-state index contributed by atoms with van der Waals surface area (Å²) in [4.78, 5) is 4.62. The smallest absolute Gasteiger partial charge is 0.124 e. The van der Waals surface area contributed by atoms with Gasteiger partial charge in [-0.2, -0.15) is 0 Å². The summed E-state index contributed by atoms with van der Waals surface area (Å²) in [7, 11) is 0. The van der Waals surface area contributed by atoms with Crippen LogP contribution in [-0.4, -0.2) is 9.36 Å². The maximum atomic E-state index is 13.4. The van der Waals surface area contributed by atoms with Crippen LogP contribution in [0.2, 0.25) is 0 Å². The van der Waals surface area contributed by atoms with Crippen LogP contribution in [0.15, 0.2) is 29.8 Å². The molecule has 2 nitrogen and oxygen atoms in total. The van der Waals surface area contributed by atoms with Crippen molar-refractivity contribution in [3.05, 3.63) is 46.7 Å². The molecule has 0 N–H and O–H groups in total. The van der Waals surface area contributed by atoms with E-state index in [4.69, 9.17) is 0 Å². The second-order valence-corrected chi connectivity index (χ2v) is 5.01. The van der Waals surface area contributed by atoms with Gasteiger partial charge in [0.1, 0.15) is 5.82 Å². The number of pyridine rings is 1. The molecular weight excluding hydrogens is 247 g/mol. The van der Waals surface area contributed by atoms with Gasteiger partial charge < -0.3 is 0 Å². The number of aryl methyl sites for hydroxylation is 2. The predicted molar refractivity (Wildman–Crippen MR) is 72.3 cm³/mol. The summed E-state index contributed by atoms with van der Waals surface area (Å²) in [6.07, 6.45) is 1.80. The summed E-state index contributed by atoms with van der Waals surface area (Å²) in [5.74, 6) is -0.213. The number of aromatic nitrogens is 2. The highest BCUT2D eigenvalue weighted by molar-refractivity contribution is 7.03. The van der Waals surface area contributed by atoms with Crippen LogP contribution < -0.4 is 0 Å². The van der Waals surface area contributed by atoms with E-state index in [9.17, 15) is 4.39 Å². The van der Waals surface area contributed by atoms with Crippen LogP contribution >= 0.6 is 11.5 Å². The van der Waals surface area contributed by atoms with Crippen molar-refractivity contribution < 1.29 is 4.39 Å². The first kappa shape index (κ1) is 11.3. The Bertz CT molecular complexity index is 720. The highest BCUT2D eigenvalue weighted by atomic mass is 32.1. The van der Waals surface area contributed by atoms with Crippen LogP contribution in [0.1, 0.15) is 11.1 Å². The third kappa shape index (κ3) is 1.78. The summed E-state index contributed by atoms with van der Waals surface area (Å²) in [5.41, 5.74) is 4.65. The molecule has 90 valence electrons. The molecule has 0 aliphatic heterocycles. The van der Waals surface area contributed by atoms with E-state index >= 15 is 0 Å². The average molecular weight is 258 g/mol. The zero-order valence-corrected chi connectivity index (χ0v) is 10.9. The second kappa shape index (κ2) is 4.14. The van der Waals surface area contributed by atoms with Crippen molar-refractivity contribution in [1.29, 1.82) is 0 Å². The highest BCUT2D eigenvalue weighted by Crippen LogP contribution is 2.27. The standard InChI is InChI=1S/C14H11FN2S/c1-8-4-13(10-6-16-18-7-10)17-14-9(2)3-11(15)5-12(8)14/h3-7H,1-2H3. The zero-order chi connectivity index (χ0) is 12.7. The molecule has 0 atom stereocenters. The molecule has 0 saturated heterocycles. The van der Waals surface area contributed by atoms with Gasteiger partial charge in [0, 0.05) is 16.3 Å². The topological polar surface area (TPSA) is 25.8 Å². The van der Waals surface area contributed by atoms with Crippen molar-refractivity contribution in [3.8, 4) is 11.3 Å². The van der Waals surface area contributed by atoms with Crippen molar-refractivity contribution in [2.45, 2.75) is 13.8 Å². The summed E-state index contributed by atoms with van der Waals surface area (Å²) in [6, 6.07) is 5.04. The van der Waals surface area contributed by atoms with Gasteiger partial charge >= 0.3 is 0 Å². The van der Waals surface area contributed by atoms with E-state index in [2.05, 4.69) is 9.36 Å². The van der Waals surface area contributed by atoms with Crippen LogP contribution in [-0.2, 0) is 0 Å². The Labute approximate surface area is 108 Å². The van der Waals surface area contributed by atoms with Gasteiger partial charge in [0.25, 0.3) is 0 Å². The number of halogens is 1. The monoisotopic (exact) mass is 258 g/mol. The minimum Gasteiger partial charge on any atom is -0.247 e. The first-order valence-corrected chi connectivity index (χ1v) is 6.46.